The van der Waals surface area contributed by atoms with Gasteiger partial charge < -0.3 is 19.7 Å². The summed E-state index contributed by atoms with van der Waals surface area (Å²) in [4.78, 5) is 27.7. The van der Waals surface area contributed by atoms with Gasteiger partial charge in [0.15, 0.2) is 11.5 Å². The van der Waals surface area contributed by atoms with E-state index in [9.17, 15) is 18.0 Å². The lowest BCUT2D eigenvalue weighted by molar-refractivity contribution is -0.139. The number of methoxy groups -OCH3 is 2. The minimum atomic E-state index is -4.28. The lowest BCUT2D eigenvalue weighted by Gasteiger charge is -2.32. The molecule has 11 heteroatoms. The smallest absolute Gasteiger partial charge is 0.264 e. The molecule has 3 aromatic carbocycles. The molecule has 0 unspecified atom stereocenters. The van der Waals surface area contributed by atoms with E-state index in [4.69, 9.17) is 21.1 Å². The highest BCUT2D eigenvalue weighted by atomic mass is 35.5. The summed E-state index contributed by atoms with van der Waals surface area (Å²) in [6.07, 6.45) is 0. The van der Waals surface area contributed by atoms with Crippen molar-refractivity contribution in [1.82, 2.24) is 10.2 Å². The van der Waals surface area contributed by atoms with Gasteiger partial charge in [0.1, 0.15) is 12.6 Å². The molecule has 0 fully saturated rings. The van der Waals surface area contributed by atoms with Crippen LogP contribution in [0.3, 0.4) is 0 Å². The fraction of sp³-hybridized carbons (Fsp3) is 0.286. The van der Waals surface area contributed by atoms with E-state index in [1.165, 1.54) is 68.6 Å². The number of nitrogens with one attached hydrogen (secondary N) is 1. The van der Waals surface area contributed by atoms with Crippen LogP contribution in [0.4, 0.5) is 5.69 Å². The molecule has 0 saturated carbocycles. The molecule has 3 aromatic rings. The molecule has 0 bridgehead atoms. The van der Waals surface area contributed by atoms with Crippen molar-refractivity contribution in [1.29, 1.82) is 0 Å². The van der Waals surface area contributed by atoms with Crippen LogP contribution in [0.1, 0.15) is 18.1 Å². The number of aryl methyl sites for hydroxylation is 1. The normalized spacial score (nSPS) is 11.8. The number of hydrogen-bond acceptors (Lipinski definition) is 6. The number of rotatable bonds is 11. The summed E-state index contributed by atoms with van der Waals surface area (Å²) in [7, 11) is 0.0507. The highest BCUT2D eigenvalue weighted by molar-refractivity contribution is 7.92. The fourth-order valence-corrected chi connectivity index (χ4v) is 5.60. The van der Waals surface area contributed by atoms with E-state index < -0.39 is 28.5 Å². The Kier molecular flexibility index (Phi) is 9.82. The van der Waals surface area contributed by atoms with Crippen molar-refractivity contribution in [3.8, 4) is 11.5 Å². The number of ether oxygens (including phenoxy) is 2. The van der Waals surface area contributed by atoms with Gasteiger partial charge in [-0.2, -0.15) is 0 Å². The Bertz CT molecular complexity index is 1430. The Balaban J connectivity index is 2.07. The van der Waals surface area contributed by atoms with Crippen LogP contribution in [-0.4, -0.2) is 59.0 Å². The molecule has 0 aliphatic carbocycles. The quantitative estimate of drug-likeness (QED) is 0.371. The molecule has 0 aliphatic heterocycles. The summed E-state index contributed by atoms with van der Waals surface area (Å²) < 4.78 is 39.4. The Hall–Kier alpha value is -3.76. The third-order valence-corrected chi connectivity index (χ3v) is 8.21. The van der Waals surface area contributed by atoms with E-state index in [1.54, 1.807) is 6.92 Å². The topological polar surface area (TPSA) is 105 Å². The molecule has 1 N–H and O–H groups in total. The monoisotopic (exact) mass is 573 g/mol. The van der Waals surface area contributed by atoms with Crippen molar-refractivity contribution < 1.29 is 27.5 Å². The third kappa shape index (κ3) is 7.01. The van der Waals surface area contributed by atoms with Gasteiger partial charge in [0.2, 0.25) is 11.8 Å². The molecule has 208 valence electrons. The van der Waals surface area contributed by atoms with Gasteiger partial charge in [-0.1, -0.05) is 41.4 Å². The first-order valence-corrected chi connectivity index (χ1v) is 13.9. The SMILES string of the molecule is CNC(=O)[C@@H](C)N(Cc1cccc(C)c1)C(=O)CN(c1ccc(Cl)cc1)S(=O)(=O)c1ccc(OC)c(OC)c1. The standard InChI is InChI=1S/C28H32ClN3O6S/c1-19-7-6-8-21(15-19)17-31(20(2)28(34)30-3)27(33)18-32(23-11-9-22(29)10-12-23)39(35,36)24-13-14-25(37-4)26(16-24)38-5/h6-16,20H,17-18H2,1-5H3,(H,30,34)/t20-/m1/s1. The van der Waals surface area contributed by atoms with E-state index in [1.807, 2.05) is 31.2 Å². The van der Waals surface area contributed by atoms with Crippen molar-refractivity contribution in [3.63, 3.8) is 0 Å². The van der Waals surface area contributed by atoms with Crippen molar-refractivity contribution >= 4 is 39.1 Å². The second-order valence-corrected chi connectivity index (χ2v) is 11.1. The molecule has 3 rings (SSSR count). The fourth-order valence-electron chi connectivity index (χ4n) is 4.04. The van der Waals surface area contributed by atoms with E-state index in [0.29, 0.717) is 10.8 Å². The van der Waals surface area contributed by atoms with Crippen LogP contribution >= 0.6 is 11.6 Å². The zero-order chi connectivity index (χ0) is 28.7. The molecular formula is C28H32ClN3O6S. The molecule has 0 saturated heterocycles. The van der Waals surface area contributed by atoms with Gasteiger partial charge >= 0.3 is 0 Å². The van der Waals surface area contributed by atoms with Gasteiger partial charge in [-0.25, -0.2) is 8.42 Å². The predicted molar refractivity (Wildman–Crippen MR) is 151 cm³/mol. The lowest BCUT2D eigenvalue weighted by Crippen LogP contribution is -2.50. The number of likely N-dealkylation sites (N-methyl/N-ethyl adjacent to an activating group) is 1. The molecule has 0 aliphatic rings. The lowest BCUT2D eigenvalue weighted by atomic mass is 10.1. The first-order chi connectivity index (χ1) is 18.5. The van der Waals surface area contributed by atoms with Gasteiger partial charge in [0, 0.05) is 24.7 Å². The summed E-state index contributed by atoms with van der Waals surface area (Å²) in [5, 5.41) is 2.97. The Morgan fingerprint density at radius 1 is 0.974 bits per heavy atom. The van der Waals surface area contributed by atoms with Gasteiger partial charge in [0.25, 0.3) is 10.0 Å². The molecule has 9 nitrogen and oxygen atoms in total. The van der Waals surface area contributed by atoms with E-state index in [-0.39, 0.29) is 28.8 Å². The summed E-state index contributed by atoms with van der Waals surface area (Å²) in [5.41, 5.74) is 2.02. The van der Waals surface area contributed by atoms with Crippen LogP contribution in [0.5, 0.6) is 11.5 Å². The zero-order valence-corrected chi connectivity index (χ0v) is 24.0. The number of carbonyl (C=O) groups excluding carboxylic acids is 2. The largest absolute Gasteiger partial charge is 0.493 e. The average Bonchev–Trinajstić information content (AvgIpc) is 2.93. The van der Waals surface area contributed by atoms with Gasteiger partial charge in [-0.3, -0.25) is 13.9 Å². The maximum atomic E-state index is 14.0. The summed E-state index contributed by atoms with van der Waals surface area (Å²) in [6, 6.07) is 17.0. The predicted octanol–water partition coefficient (Wildman–Crippen LogP) is 4.02. The van der Waals surface area contributed by atoms with Crippen LogP contribution in [0.15, 0.2) is 71.6 Å². The van der Waals surface area contributed by atoms with Crippen molar-refractivity contribution in [2.45, 2.75) is 31.3 Å². The molecule has 0 aromatic heterocycles. The number of benzene rings is 3. The van der Waals surface area contributed by atoms with E-state index in [2.05, 4.69) is 5.32 Å². The van der Waals surface area contributed by atoms with Gasteiger partial charge in [0.05, 0.1) is 24.8 Å². The Labute approximate surface area is 234 Å². The van der Waals surface area contributed by atoms with Crippen LogP contribution in [0, 0.1) is 6.92 Å². The van der Waals surface area contributed by atoms with Gasteiger partial charge in [-0.05, 0) is 55.8 Å². The summed E-state index contributed by atoms with van der Waals surface area (Å²) in [5.74, 6) is -0.368. The first kappa shape index (κ1) is 29.8. The number of amides is 2. The molecule has 2 amide bonds. The molecular weight excluding hydrogens is 542 g/mol. The molecule has 0 heterocycles. The second-order valence-electron chi connectivity index (χ2n) is 8.81. The van der Waals surface area contributed by atoms with Crippen LogP contribution in [0.2, 0.25) is 5.02 Å². The van der Waals surface area contributed by atoms with Crippen molar-refractivity contribution in [2.75, 3.05) is 32.1 Å². The molecule has 0 spiro atoms. The third-order valence-electron chi connectivity index (χ3n) is 6.19. The average molecular weight is 574 g/mol. The zero-order valence-electron chi connectivity index (χ0n) is 22.5. The number of carbonyl (C=O) groups is 2. The number of hydrogen-bond donors (Lipinski definition) is 1. The first-order valence-electron chi connectivity index (χ1n) is 12.1. The highest BCUT2D eigenvalue weighted by Crippen LogP contribution is 2.32. The highest BCUT2D eigenvalue weighted by Gasteiger charge is 2.32. The van der Waals surface area contributed by atoms with E-state index >= 15 is 0 Å². The van der Waals surface area contributed by atoms with Crippen LogP contribution in [-0.2, 0) is 26.2 Å². The minimum absolute atomic E-state index is 0.104. The van der Waals surface area contributed by atoms with E-state index in [0.717, 1.165) is 15.4 Å². The van der Waals surface area contributed by atoms with Crippen LogP contribution in [0.25, 0.3) is 0 Å². The summed E-state index contributed by atoms with van der Waals surface area (Å²) in [6.45, 7) is 3.07. The number of nitrogens with zero attached hydrogens (tertiary/aromatic N) is 2. The Morgan fingerprint density at radius 3 is 2.23 bits per heavy atom. The van der Waals surface area contributed by atoms with Gasteiger partial charge in [-0.15, -0.1) is 0 Å². The van der Waals surface area contributed by atoms with Crippen molar-refractivity contribution in [3.05, 3.63) is 82.9 Å². The summed E-state index contributed by atoms with van der Waals surface area (Å²) >= 11 is 6.05. The maximum absolute atomic E-state index is 14.0. The Morgan fingerprint density at radius 2 is 1.64 bits per heavy atom. The molecule has 39 heavy (non-hydrogen) atoms. The molecule has 0 radical (unpaired) electrons. The number of sulfonamides is 1. The maximum Gasteiger partial charge on any atom is 0.264 e. The second kappa shape index (κ2) is 12.9. The number of anilines is 1. The molecule has 1 atom stereocenters. The number of halogens is 1. The minimum Gasteiger partial charge on any atom is -0.493 e. The van der Waals surface area contributed by atoms with Crippen LogP contribution < -0.4 is 19.1 Å². The van der Waals surface area contributed by atoms with Crippen molar-refractivity contribution in [2.24, 2.45) is 0 Å².